The molecule has 0 atom stereocenters. The monoisotopic (exact) mass is 418 g/mol. The fourth-order valence-corrected chi connectivity index (χ4v) is 3.41. The minimum Gasteiger partial charge on any atom is -0.497 e. The summed E-state index contributed by atoms with van der Waals surface area (Å²) in [6.07, 6.45) is 0. The molecule has 0 aromatic heterocycles. The molecule has 0 N–H and O–H groups in total. The average molecular weight is 421 g/mol. The number of ether oxygens (including phenoxy) is 2. The van der Waals surface area contributed by atoms with Crippen LogP contribution in [0.4, 0.5) is 0 Å². The fourth-order valence-electron chi connectivity index (χ4n) is 1.75. The summed E-state index contributed by atoms with van der Waals surface area (Å²) in [6.45, 7) is 0.467. The van der Waals surface area contributed by atoms with E-state index in [2.05, 4.69) is 31.9 Å². The first-order valence-corrected chi connectivity index (χ1v) is 8.05. The number of alkyl halides is 1. The highest BCUT2D eigenvalue weighted by Gasteiger charge is 2.09. The molecular formula is C15H13Br2ClO2. The zero-order valence-electron chi connectivity index (χ0n) is 10.8. The highest BCUT2D eigenvalue weighted by atomic mass is 79.9. The minimum absolute atomic E-state index is 0.466. The molecule has 0 aliphatic carbocycles. The van der Waals surface area contributed by atoms with E-state index < -0.39 is 0 Å². The third-order valence-electron chi connectivity index (χ3n) is 2.73. The number of methoxy groups -OCH3 is 1. The lowest BCUT2D eigenvalue weighted by atomic mass is 10.2. The summed E-state index contributed by atoms with van der Waals surface area (Å²) in [5, 5.41) is 0. The SMILES string of the molecule is COc1cccc(COc2c(Br)cc(CCl)cc2Br)c1. The lowest BCUT2D eigenvalue weighted by Gasteiger charge is -2.12. The molecule has 5 heteroatoms. The predicted octanol–water partition coefficient (Wildman–Crippen LogP) is 5.54. The summed E-state index contributed by atoms with van der Waals surface area (Å²) in [4.78, 5) is 0. The second-order valence-corrected chi connectivity index (χ2v) is 6.14. The topological polar surface area (TPSA) is 18.5 Å². The van der Waals surface area contributed by atoms with Gasteiger partial charge in [0, 0.05) is 5.88 Å². The van der Waals surface area contributed by atoms with Gasteiger partial charge < -0.3 is 9.47 Å². The highest BCUT2D eigenvalue weighted by Crippen LogP contribution is 2.35. The first kappa shape index (κ1) is 15.7. The van der Waals surface area contributed by atoms with Gasteiger partial charge in [0.15, 0.2) is 0 Å². The molecular weight excluding hydrogens is 407 g/mol. The van der Waals surface area contributed by atoms with E-state index in [9.17, 15) is 0 Å². The van der Waals surface area contributed by atoms with E-state index in [0.29, 0.717) is 12.5 Å². The third kappa shape index (κ3) is 3.90. The summed E-state index contributed by atoms with van der Waals surface area (Å²) < 4.78 is 12.8. The normalized spacial score (nSPS) is 10.4. The standard InChI is InChI=1S/C15H13Br2ClO2/c1-19-12-4-2-3-10(5-12)9-20-15-13(16)6-11(8-18)7-14(15)17/h2-7H,8-9H2,1H3. The number of rotatable bonds is 5. The first-order valence-electron chi connectivity index (χ1n) is 5.93. The zero-order valence-corrected chi connectivity index (χ0v) is 14.8. The van der Waals surface area contributed by atoms with Crippen molar-refractivity contribution in [1.82, 2.24) is 0 Å². The maximum Gasteiger partial charge on any atom is 0.148 e. The molecule has 0 saturated carbocycles. The second-order valence-electron chi connectivity index (χ2n) is 4.16. The Balaban J connectivity index is 2.14. The largest absolute Gasteiger partial charge is 0.497 e. The molecule has 0 aliphatic rings. The van der Waals surface area contributed by atoms with Gasteiger partial charge in [-0.1, -0.05) is 12.1 Å². The smallest absolute Gasteiger partial charge is 0.148 e. The Morgan fingerprint density at radius 1 is 1.05 bits per heavy atom. The molecule has 0 spiro atoms. The Morgan fingerprint density at radius 3 is 2.35 bits per heavy atom. The number of hydrogen-bond donors (Lipinski definition) is 0. The van der Waals surface area contributed by atoms with Gasteiger partial charge in [0.2, 0.25) is 0 Å². The van der Waals surface area contributed by atoms with Gasteiger partial charge in [-0.2, -0.15) is 0 Å². The van der Waals surface area contributed by atoms with Gasteiger partial charge in [-0.05, 0) is 67.3 Å². The van der Waals surface area contributed by atoms with E-state index in [1.54, 1.807) is 7.11 Å². The van der Waals surface area contributed by atoms with Gasteiger partial charge >= 0.3 is 0 Å². The van der Waals surface area contributed by atoms with Gasteiger partial charge in [-0.3, -0.25) is 0 Å². The number of benzene rings is 2. The molecule has 20 heavy (non-hydrogen) atoms. The Kier molecular flexibility index (Phi) is 5.75. The summed E-state index contributed by atoms with van der Waals surface area (Å²) in [5.74, 6) is 2.05. The summed E-state index contributed by atoms with van der Waals surface area (Å²) in [5.41, 5.74) is 2.07. The average Bonchev–Trinajstić information content (AvgIpc) is 2.46. The Labute approximate surface area is 140 Å². The minimum atomic E-state index is 0.466. The van der Waals surface area contributed by atoms with Crippen LogP contribution >= 0.6 is 43.5 Å². The molecule has 0 radical (unpaired) electrons. The number of hydrogen-bond acceptors (Lipinski definition) is 2. The lowest BCUT2D eigenvalue weighted by Crippen LogP contribution is -1.98. The molecule has 2 rings (SSSR count). The van der Waals surface area contributed by atoms with Crippen LogP contribution in [0.1, 0.15) is 11.1 Å². The maximum atomic E-state index is 5.86. The van der Waals surface area contributed by atoms with E-state index in [0.717, 1.165) is 31.6 Å². The van der Waals surface area contributed by atoms with E-state index in [4.69, 9.17) is 21.1 Å². The van der Waals surface area contributed by atoms with Crippen molar-refractivity contribution in [2.24, 2.45) is 0 Å². The zero-order chi connectivity index (χ0) is 14.5. The maximum absolute atomic E-state index is 5.86. The van der Waals surface area contributed by atoms with Crippen LogP contribution in [-0.2, 0) is 12.5 Å². The van der Waals surface area contributed by atoms with Crippen molar-refractivity contribution in [3.05, 3.63) is 56.5 Å². The Morgan fingerprint density at radius 2 is 1.75 bits per heavy atom. The highest BCUT2D eigenvalue weighted by molar-refractivity contribution is 9.11. The van der Waals surface area contributed by atoms with Crippen molar-refractivity contribution < 1.29 is 9.47 Å². The predicted molar refractivity (Wildman–Crippen MR) is 88.7 cm³/mol. The van der Waals surface area contributed by atoms with Crippen LogP contribution in [0.5, 0.6) is 11.5 Å². The van der Waals surface area contributed by atoms with Crippen LogP contribution in [0, 0.1) is 0 Å². The summed E-state index contributed by atoms with van der Waals surface area (Å²) in [7, 11) is 1.65. The molecule has 0 unspecified atom stereocenters. The van der Waals surface area contributed by atoms with Gasteiger partial charge in [-0.15, -0.1) is 11.6 Å². The molecule has 0 bridgehead atoms. The molecule has 0 aliphatic heterocycles. The molecule has 0 heterocycles. The van der Waals surface area contributed by atoms with Crippen molar-refractivity contribution in [3.63, 3.8) is 0 Å². The van der Waals surface area contributed by atoms with Crippen LogP contribution in [-0.4, -0.2) is 7.11 Å². The lowest BCUT2D eigenvalue weighted by molar-refractivity contribution is 0.301. The van der Waals surface area contributed by atoms with E-state index in [1.807, 2.05) is 36.4 Å². The fraction of sp³-hybridized carbons (Fsp3) is 0.200. The second kappa shape index (κ2) is 7.34. The molecule has 0 fully saturated rings. The summed E-state index contributed by atoms with van der Waals surface area (Å²) in [6, 6.07) is 11.7. The van der Waals surface area contributed by atoms with Crippen LogP contribution in [0.15, 0.2) is 45.3 Å². The van der Waals surface area contributed by atoms with Crippen molar-refractivity contribution in [2.75, 3.05) is 7.11 Å². The van der Waals surface area contributed by atoms with Crippen molar-refractivity contribution in [2.45, 2.75) is 12.5 Å². The molecule has 2 aromatic carbocycles. The van der Waals surface area contributed by atoms with Crippen molar-refractivity contribution in [3.8, 4) is 11.5 Å². The van der Waals surface area contributed by atoms with Gasteiger partial charge in [0.25, 0.3) is 0 Å². The molecule has 106 valence electrons. The van der Waals surface area contributed by atoms with Crippen molar-refractivity contribution >= 4 is 43.5 Å². The van der Waals surface area contributed by atoms with Gasteiger partial charge in [0.05, 0.1) is 16.1 Å². The van der Waals surface area contributed by atoms with E-state index >= 15 is 0 Å². The molecule has 2 aromatic rings. The van der Waals surface area contributed by atoms with Crippen LogP contribution in [0.2, 0.25) is 0 Å². The number of halogens is 3. The van der Waals surface area contributed by atoms with Crippen LogP contribution in [0.3, 0.4) is 0 Å². The Bertz CT molecular complexity index is 579. The first-order chi connectivity index (χ1) is 9.63. The van der Waals surface area contributed by atoms with E-state index in [1.165, 1.54) is 0 Å². The third-order valence-corrected chi connectivity index (χ3v) is 4.22. The quantitative estimate of drug-likeness (QED) is 0.592. The molecule has 0 amide bonds. The van der Waals surface area contributed by atoms with Crippen LogP contribution < -0.4 is 9.47 Å². The van der Waals surface area contributed by atoms with Gasteiger partial charge in [-0.25, -0.2) is 0 Å². The van der Waals surface area contributed by atoms with E-state index in [-0.39, 0.29) is 0 Å². The Hall–Kier alpha value is -0.710. The summed E-state index contributed by atoms with van der Waals surface area (Å²) >= 11 is 12.8. The van der Waals surface area contributed by atoms with Crippen molar-refractivity contribution in [1.29, 1.82) is 0 Å². The van der Waals surface area contributed by atoms with Crippen LogP contribution in [0.25, 0.3) is 0 Å². The molecule has 2 nitrogen and oxygen atoms in total. The van der Waals surface area contributed by atoms with Gasteiger partial charge in [0.1, 0.15) is 18.1 Å². The molecule has 0 saturated heterocycles.